The largest absolute Gasteiger partial charge is 0.328 e. The highest BCUT2D eigenvalue weighted by molar-refractivity contribution is 4.92. The lowest BCUT2D eigenvalue weighted by Crippen LogP contribution is -2.42. The van der Waals surface area contributed by atoms with Gasteiger partial charge in [0.05, 0.1) is 12.1 Å². The standard InChI is InChI=1S/C7H14N4/c1-11-7-4-5(8)2-3-6(7)9-10-11/h5-7H,2-4,8H2,1H3. The molecule has 1 aliphatic heterocycles. The molecule has 0 spiro atoms. The minimum Gasteiger partial charge on any atom is -0.328 e. The van der Waals surface area contributed by atoms with Gasteiger partial charge < -0.3 is 5.73 Å². The highest BCUT2D eigenvalue weighted by Gasteiger charge is 2.35. The van der Waals surface area contributed by atoms with Crippen LogP contribution in [-0.4, -0.2) is 30.2 Å². The SMILES string of the molecule is CN1N=NC2CCC(N)CC21. The normalized spacial score (nSPS) is 42.7. The smallest absolute Gasteiger partial charge is 0.0950 e. The second-order valence-corrected chi connectivity index (χ2v) is 3.49. The fraction of sp³-hybridized carbons (Fsp3) is 1.00. The topological polar surface area (TPSA) is 54.0 Å². The maximum absolute atomic E-state index is 5.84. The molecule has 3 unspecified atom stereocenters. The van der Waals surface area contributed by atoms with Crippen molar-refractivity contribution >= 4 is 0 Å². The summed E-state index contributed by atoms with van der Waals surface area (Å²) in [6.45, 7) is 0. The molecule has 1 fully saturated rings. The molecule has 3 atom stereocenters. The van der Waals surface area contributed by atoms with Crippen LogP contribution in [0.1, 0.15) is 19.3 Å². The van der Waals surface area contributed by atoms with Crippen molar-refractivity contribution in [3.05, 3.63) is 0 Å². The van der Waals surface area contributed by atoms with Crippen molar-refractivity contribution in [1.29, 1.82) is 0 Å². The third-order valence-corrected chi connectivity index (χ3v) is 2.64. The van der Waals surface area contributed by atoms with Crippen LogP contribution in [0.4, 0.5) is 0 Å². The zero-order chi connectivity index (χ0) is 7.84. The van der Waals surface area contributed by atoms with E-state index in [4.69, 9.17) is 5.73 Å². The first-order valence-electron chi connectivity index (χ1n) is 4.16. The molecule has 0 aromatic carbocycles. The summed E-state index contributed by atoms with van der Waals surface area (Å²) in [4.78, 5) is 0. The monoisotopic (exact) mass is 154 g/mol. The predicted molar refractivity (Wildman–Crippen MR) is 42.0 cm³/mol. The maximum atomic E-state index is 5.84. The van der Waals surface area contributed by atoms with Crippen molar-refractivity contribution in [3.8, 4) is 0 Å². The molecule has 0 radical (unpaired) electrons. The second-order valence-electron chi connectivity index (χ2n) is 3.49. The van der Waals surface area contributed by atoms with Gasteiger partial charge in [-0.2, -0.15) is 5.11 Å². The van der Waals surface area contributed by atoms with Crippen LogP contribution in [0.5, 0.6) is 0 Å². The fourth-order valence-electron chi connectivity index (χ4n) is 1.91. The lowest BCUT2D eigenvalue weighted by atomic mass is 9.88. The van der Waals surface area contributed by atoms with Crippen molar-refractivity contribution < 1.29 is 0 Å². The summed E-state index contributed by atoms with van der Waals surface area (Å²) in [5.74, 6) is 0. The first kappa shape index (κ1) is 7.03. The quantitative estimate of drug-likeness (QED) is 0.554. The van der Waals surface area contributed by atoms with Crippen LogP contribution in [0.2, 0.25) is 0 Å². The molecule has 1 heterocycles. The molecule has 2 rings (SSSR count). The molecule has 1 saturated carbocycles. The maximum Gasteiger partial charge on any atom is 0.0950 e. The van der Waals surface area contributed by atoms with Crippen LogP contribution in [0.3, 0.4) is 0 Å². The average molecular weight is 154 g/mol. The first-order chi connectivity index (χ1) is 5.27. The molecule has 2 N–H and O–H groups in total. The van der Waals surface area contributed by atoms with Gasteiger partial charge in [0, 0.05) is 13.1 Å². The molecular weight excluding hydrogens is 140 g/mol. The molecule has 1 aliphatic carbocycles. The number of fused-ring (bicyclic) bond motifs is 1. The van der Waals surface area contributed by atoms with Crippen LogP contribution < -0.4 is 5.73 Å². The van der Waals surface area contributed by atoms with Gasteiger partial charge in [-0.15, -0.1) is 0 Å². The summed E-state index contributed by atoms with van der Waals surface area (Å²) in [6, 6.07) is 1.28. The summed E-state index contributed by atoms with van der Waals surface area (Å²) in [7, 11) is 1.98. The van der Waals surface area contributed by atoms with Gasteiger partial charge in [-0.3, -0.25) is 5.01 Å². The Morgan fingerprint density at radius 1 is 1.45 bits per heavy atom. The van der Waals surface area contributed by atoms with E-state index in [9.17, 15) is 0 Å². The Balaban J connectivity index is 2.06. The zero-order valence-corrected chi connectivity index (χ0v) is 6.77. The van der Waals surface area contributed by atoms with Gasteiger partial charge in [-0.25, -0.2) is 0 Å². The summed E-state index contributed by atoms with van der Waals surface area (Å²) in [5, 5.41) is 10.1. The summed E-state index contributed by atoms with van der Waals surface area (Å²) < 4.78 is 0. The van der Waals surface area contributed by atoms with E-state index in [1.807, 2.05) is 12.1 Å². The van der Waals surface area contributed by atoms with Gasteiger partial charge in [0.2, 0.25) is 0 Å². The van der Waals surface area contributed by atoms with Gasteiger partial charge in [-0.1, -0.05) is 5.22 Å². The van der Waals surface area contributed by atoms with E-state index in [0.717, 1.165) is 19.3 Å². The molecule has 62 valence electrons. The molecule has 4 heteroatoms. The van der Waals surface area contributed by atoms with Crippen LogP contribution in [0.25, 0.3) is 0 Å². The second kappa shape index (κ2) is 2.44. The van der Waals surface area contributed by atoms with E-state index in [0.29, 0.717) is 18.1 Å². The van der Waals surface area contributed by atoms with Crippen molar-refractivity contribution in [2.75, 3.05) is 7.05 Å². The minimum absolute atomic E-state index is 0.363. The van der Waals surface area contributed by atoms with E-state index < -0.39 is 0 Å². The Hall–Kier alpha value is -0.640. The highest BCUT2D eigenvalue weighted by Crippen LogP contribution is 2.28. The number of nitrogens with zero attached hydrogens (tertiary/aromatic N) is 3. The van der Waals surface area contributed by atoms with E-state index in [-0.39, 0.29) is 0 Å². The van der Waals surface area contributed by atoms with Crippen molar-refractivity contribution in [1.82, 2.24) is 5.01 Å². The Morgan fingerprint density at radius 3 is 3.09 bits per heavy atom. The molecule has 0 amide bonds. The Kier molecular flexibility index (Phi) is 1.56. The molecule has 0 bridgehead atoms. The van der Waals surface area contributed by atoms with Crippen molar-refractivity contribution in [2.45, 2.75) is 37.4 Å². The number of hydrogen-bond acceptors (Lipinski definition) is 4. The number of nitrogens with two attached hydrogens (primary N) is 1. The Morgan fingerprint density at radius 2 is 2.27 bits per heavy atom. The predicted octanol–water partition coefficient (Wildman–Crippen LogP) is 0.547. The average Bonchev–Trinajstić information content (AvgIpc) is 2.33. The van der Waals surface area contributed by atoms with E-state index in [1.165, 1.54) is 0 Å². The molecule has 2 aliphatic rings. The van der Waals surface area contributed by atoms with Crippen LogP contribution in [0.15, 0.2) is 10.3 Å². The molecule has 11 heavy (non-hydrogen) atoms. The van der Waals surface area contributed by atoms with Gasteiger partial charge >= 0.3 is 0 Å². The van der Waals surface area contributed by atoms with Gasteiger partial charge in [0.15, 0.2) is 0 Å². The molecule has 0 saturated heterocycles. The lowest BCUT2D eigenvalue weighted by Gasteiger charge is -2.30. The van der Waals surface area contributed by atoms with E-state index in [2.05, 4.69) is 10.3 Å². The van der Waals surface area contributed by atoms with Crippen LogP contribution >= 0.6 is 0 Å². The third-order valence-electron chi connectivity index (χ3n) is 2.64. The first-order valence-corrected chi connectivity index (χ1v) is 4.16. The minimum atomic E-state index is 0.363. The van der Waals surface area contributed by atoms with Gasteiger partial charge in [0.25, 0.3) is 0 Å². The summed E-state index contributed by atoms with van der Waals surface area (Å²) >= 11 is 0. The van der Waals surface area contributed by atoms with Crippen molar-refractivity contribution in [3.63, 3.8) is 0 Å². The van der Waals surface area contributed by atoms with E-state index >= 15 is 0 Å². The summed E-state index contributed by atoms with van der Waals surface area (Å²) in [6.07, 6.45) is 3.27. The van der Waals surface area contributed by atoms with Crippen molar-refractivity contribution in [2.24, 2.45) is 16.1 Å². The Labute approximate surface area is 66.4 Å². The van der Waals surface area contributed by atoms with Crippen LogP contribution in [0, 0.1) is 0 Å². The van der Waals surface area contributed by atoms with Crippen LogP contribution in [-0.2, 0) is 0 Å². The summed E-state index contributed by atoms with van der Waals surface area (Å²) in [5.41, 5.74) is 5.84. The molecule has 4 nitrogen and oxygen atoms in total. The van der Waals surface area contributed by atoms with Gasteiger partial charge in [-0.05, 0) is 19.3 Å². The third kappa shape index (κ3) is 1.11. The lowest BCUT2D eigenvalue weighted by molar-refractivity contribution is 0.209. The number of likely N-dealkylation sites (N-methyl/N-ethyl adjacent to an activating group) is 1. The van der Waals surface area contributed by atoms with Gasteiger partial charge in [0.1, 0.15) is 0 Å². The number of rotatable bonds is 0. The number of hydrogen-bond donors (Lipinski definition) is 1. The van der Waals surface area contributed by atoms with E-state index in [1.54, 1.807) is 0 Å². The molecule has 0 aromatic heterocycles. The fourth-order valence-corrected chi connectivity index (χ4v) is 1.91. The highest BCUT2D eigenvalue weighted by atomic mass is 15.6. The Bertz CT molecular complexity index is 179. The zero-order valence-electron chi connectivity index (χ0n) is 6.77. The molecular formula is C7H14N4. The molecule has 0 aromatic rings.